The Labute approximate surface area is 115 Å². The van der Waals surface area contributed by atoms with Crippen molar-refractivity contribution in [3.63, 3.8) is 0 Å². The third-order valence-electron chi connectivity index (χ3n) is 4.37. The van der Waals surface area contributed by atoms with Crippen LogP contribution in [-0.2, 0) is 6.42 Å². The van der Waals surface area contributed by atoms with E-state index in [-0.39, 0.29) is 5.91 Å². The lowest BCUT2D eigenvalue weighted by Gasteiger charge is -2.29. The van der Waals surface area contributed by atoms with Crippen LogP contribution in [0.3, 0.4) is 0 Å². The summed E-state index contributed by atoms with van der Waals surface area (Å²) in [5.41, 5.74) is 7.79. The maximum atomic E-state index is 12.7. The fraction of sp³-hybridized carbons (Fsp3) is 0.562. The number of benzene rings is 1. The van der Waals surface area contributed by atoms with Crippen molar-refractivity contribution >= 4 is 5.91 Å². The molecule has 2 atom stereocenters. The number of nitrogens with two attached hydrogens (primary N) is 1. The van der Waals surface area contributed by atoms with Gasteiger partial charge in [0.05, 0.1) is 0 Å². The molecular formula is C16H24N2O. The fourth-order valence-electron chi connectivity index (χ4n) is 3.18. The van der Waals surface area contributed by atoms with Crippen LogP contribution in [0.4, 0.5) is 0 Å². The summed E-state index contributed by atoms with van der Waals surface area (Å²) in [4.78, 5) is 14.6. The van der Waals surface area contributed by atoms with Gasteiger partial charge in [0, 0.05) is 18.7 Å². The van der Waals surface area contributed by atoms with Gasteiger partial charge in [0.15, 0.2) is 0 Å². The third-order valence-corrected chi connectivity index (χ3v) is 4.37. The van der Waals surface area contributed by atoms with E-state index in [2.05, 4.69) is 6.92 Å². The number of nitrogens with zero attached hydrogens (tertiary/aromatic N) is 1. The minimum atomic E-state index is 0.141. The zero-order valence-electron chi connectivity index (χ0n) is 11.9. The van der Waals surface area contributed by atoms with E-state index in [1.165, 1.54) is 6.42 Å². The smallest absolute Gasteiger partial charge is 0.254 e. The summed E-state index contributed by atoms with van der Waals surface area (Å²) >= 11 is 0. The topological polar surface area (TPSA) is 46.3 Å². The van der Waals surface area contributed by atoms with Gasteiger partial charge in [-0.3, -0.25) is 4.79 Å². The number of carbonyl (C=O) groups excluding carboxylic acids is 1. The van der Waals surface area contributed by atoms with E-state index in [4.69, 9.17) is 5.73 Å². The van der Waals surface area contributed by atoms with E-state index >= 15 is 0 Å². The molecule has 0 aromatic heterocycles. The molecule has 0 heterocycles. The SMILES string of the molecule is CCc1ccccc1C(=O)N(C)C1CCCC1CN. The molecule has 2 rings (SSSR count). The molecule has 0 saturated heterocycles. The number of hydrogen-bond acceptors (Lipinski definition) is 2. The Kier molecular flexibility index (Phi) is 4.59. The minimum absolute atomic E-state index is 0.141. The van der Waals surface area contributed by atoms with Crippen LogP contribution >= 0.6 is 0 Å². The van der Waals surface area contributed by atoms with Crippen molar-refractivity contribution < 1.29 is 4.79 Å². The molecule has 1 aromatic rings. The molecule has 19 heavy (non-hydrogen) atoms. The Bertz CT molecular complexity index is 444. The molecule has 1 amide bonds. The van der Waals surface area contributed by atoms with Crippen LogP contribution in [0.1, 0.15) is 42.1 Å². The Balaban J connectivity index is 2.19. The lowest BCUT2D eigenvalue weighted by Crippen LogP contribution is -2.41. The minimum Gasteiger partial charge on any atom is -0.338 e. The monoisotopic (exact) mass is 260 g/mol. The number of carbonyl (C=O) groups is 1. The zero-order chi connectivity index (χ0) is 13.8. The molecule has 1 fully saturated rings. The first-order chi connectivity index (χ1) is 9.19. The zero-order valence-corrected chi connectivity index (χ0v) is 11.9. The number of hydrogen-bond donors (Lipinski definition) is 1. The predicted molar refractivity (Wildman–Crippen MR) is 78.1 cm³/mol. The largest absolute Gasteiger partial charge is 0.338 e. The van der Waals surface area contributed by atoms with E-state index in [1.807, 2.05) is 36.2 Å². The molecule has 3 heteroatoms. The van der Waals surface area contributed by atoms with E-state index in [9.17, 15) is 4.79 Å². The first-order valence-corrected chi connectivity index (χ1v) is 7.24. The summed E-state index contributed by atoms with van der Waals surface area (Å²) in [6.45, 7) is 2.77. The Morgan fingerprint density at radius 1 is 1.37 bits per heavy atom. The fourth-order valence-corrected chi connectivity index (χ4v) is 3.18. The average Bonchev–Trinajstić information content (AvgIpc) is 2.94. The van der Waals surface area contributed by atoms with Gasteiger partial charge in [-0.2, -0.15) is 0 Å². The van der Waals surface area contributed by atoms with Crippen LogP contribution < -0.4 is 5.73 Å². The number of amides is 1. The normalized spacial score (nSPS) is 22.5. The van der Waals surface area contributed by atoms with Gasteiger partial charge in [-0.1, -0.05) is 31.5 Å². The Morgan fingerprint density at radius 2 is 2.11 bits per heavy atom. The van der Waals surface area contributed by atoms with Gasteiger partial charge >= 0.3 is 0 Å². The average molecular weight is 260 g/mol. The molecule has 0 aliphatic heterocycles. The summed E-state index contributed by atoms with van der Waals surface area (Å²) in [6.07, 6.45) is 4.30. The van der Waals surface area contributed by atoms with Crippen molar-refractivity contribution in [2.75, 3.05) is 13.6 Å². The van der Waals surface area contributed by atoms with Crippen LogP contribution in [0.2, 0.25) is 0 Å². The van der Waals surface area contributed by atoms with Crippen molar-refractivity contribution in [1.82, 2.24) is 4.90 Å². The van der Waals surface area contributed by atoms with Crippen LogP contribution in [0.15, 0.2) is 24.3 Å². The van der Waals surface area contributed by atoms with E-state index in [0.29, 0.717) is 18.5 Å². The van der Waals surface area contributed by atoms with Gasteiger partial charge in [0.25, 0.3) is 5.91 Å². The van der Waals surface area contributed by atoms with Crippen LogP contribution in [0.25, 0.3) is 0 Å². The molecule has 0 spiro atoms. The van der Waals surface area contributed by atoms with Crippen molar-refractivity contribution in [3.8, 4) is 0 Å². The molecule has 0 radical (unpaired) electrons. The second-order valence-corrected chi connectivity index (χ2v) is 5.42. The molecule has 1 aromatic carbocycles. The van der Waals surface area contributed by atoms with E-state index < -0.39 is 0 Å². The predicted octanol–water partition coefficient (Wildman–Crippen LogP) is 2.45. The highest BCUT2D eigenvalue weighted by molar-refractivity contribution is 5.95. The molecule has 0 bridgehead atoms. The number of rotatable bonds is 4. The quantitative estimate of drug-likeness (QED) is 0.904. The van der Waals surface area contributed by atoms with Gasteiger partial charge in [0.1, 0.15) is 0 Å². The summed E-state index contributed by atoms with van der Waals surface area (Å²) in [5, 5.41) is 0. The van der Waals surface area contributed by atoms with Crippen LogP contribution in [0.5, 0.6) is 0 Å². The molecule has 104 valence electrons. The number of aryl methyl sites for hydroxylation is 1. The van der Waals surface area contributed by atoms with Gasteiger partial charge in [-0.15, -0.1) is 0 Å². The van der Waals surface area contributed by atoms with Gasteiger partial charge in [-0.05, 0) is 43.4 Å². The Hall–Kier alpha value is -1.35. The summed E-state index contributed by atoms with van der Waals surface area (Å²) < 4.78 is 0. The maximum Gasteiger partial charge on any atom is 0.254 e. The lowest BCUT2D eigenvalue weighted by molar-refractivity contribution is 0.0699. The molecular weight excluding hydrogens is 236 g/mol. The lowest BCUT2D eigenvalue weighted by atomic mass is 10.00. The molecule has 1 aliphatic rings. The summed E-state index contributed by atoms with van der Waals surface area (Å²) in [6, 6.07) is 8.21. The highest BCUT2D eigenvalue weighted by Gasteiger charge is 2.32. The third kappa shape index (κ3) is 2.81. The van der Waals surface area contributed by atoms with Crippen molar-refractivity contribution in [1.29, 1.82) is 0 Å². The molecule has 1 aliphatic carbocycles. The second-order valence-electron chi connectivity index (χ2n) is 5.42. The first kappa shape index (κ1) is 14.1. The summed E-state index contributed by atoms with van der Waals surface area (Å²) in [5.74, 6) is 0.602. The van der Waals surface area contributed by atoms with Gasteiger partial charge in [-0.25, -0.2) is 0 Å². The van der Waals surface area contributed by atoms with E-state index in [0.717, 1.165) is 30.4 Å². The highest BCUT2D eigenvalue weighted by atomic mass is 16.2. The van der Waals surface area contributed by atoms with Gasteiger partial charge < -0.3 is 10.6 Å². The molecule has 1 saturated carbocycles. The van der Waals surface area contributed by atoms with Crippen LogP contribution in [-0.4, -0.2) is 30.4 Å². The molecule has 2 N–H and O–H groups in total. The standard InChI is InChI=1S/C16H24N2O/c1-3-12-7-4-5-9-14(12)16(19)18(2)15-10-6-8-13(15)11-17/h4-5,7,9,13,15H,3,6,8,10-11,17H2,1-2H3. The van der Waals surface area contributed by atoms with Crippen molar-refractivity contribution in [3.05, 3.63) is 35.4 Å². The molecule has 3 nitrogen and oxygen atoms in total. The highest BCUT2D eigenvalue weighted by Crippen LogP contribution is 2.29. The van der Waals surface area contributed by atoms with Crippen LogP contribution in [0, 0.1) is 5.92 Å². The second kappa shape index (κ2) is 6.20. The van der Waals surface area contributed by atoms with Crippen molar-refractivity contribution in [2.45, 2.75) is 38.6 Å². The Morgan fingerprint density at radius 3 is 2.79 bits per heavy atom. The van der Waals surface area contributed by atoms with Gasteiger partial charge in [0.2, 0.25) is 0 Å². The summed E-state index contributed by atoms with van der Waals surface area (Å²) in [7, 11) is 1.92. The molecule has 2 unspecified atom stereocenters. The maximum absolute atomic E-state index is 12.7. The van der Waals surface area contributed by atoms with Crippen molar-refractivity contribution in [2.24, 2.45) is 11.7 Å². The first-order valence-electron chi connectivity index (χ1n) is 7.24. The van der Waals surface area contributed by atoms with E-state index in [1.54, 1.807) is 0 Å².